The quantitative estimate of drug-likeness (QED) is 0.177. The second kappa shape index (κ2) is 12.3. The van der Waals surface area contributed by atoms with Crippen LogP contribution in [0.5, 0.6) is 0 Å². The van der Waals surface area contributed by atoms with Crippen molar-refractivity contribution in [1.29, 1.82) is 0 Å². The van der Waals surface area contributed by atoms with Gasteiger partial charge in [-0.2, -0.15) is 9.97 Å². The van der Waals surface area contributed by atoms with Crippen molar-refractivity contribution in [2.24, 2.45) is 0 Å². The Balaban J connectivity index is 1.12. The molecule has 6 heteroatoms. The van der Waals surface area contributed by atoms with E-state index in [0.29, 0.717) is 17.6 Å². The number of fused-ring (bicyclic) bond motifs is 10. The third-order valence-corrected chi connectivity index (χ3v) is 11.2. The van der Waals surface area contributed by atoms with Gasteiger partial charge in [-0.3, -0.25) is 4.57 Å². The van der Waals surface area contributed by atoms with Crippen molar-refractivity contribution in [3.8, 4) is 45.5 Å². The fraction of sp³-hybridized carbons (Fsp3) is 0. The van der Waals surface area contributed by atoms with E-state index in [9.17, 15) is 0 Å². The van der Waals surface area contributed by atoms with Crippen molar-refractivity contribution in [3.63, 3.8) is 0 Å². The maximum absolute atomic E-state index is 6.31. The molecule has 0 fully saturated rings. The van der Waals surface area contributed by atoms with Crippen LogP contribution in [0.3, 0.4) is 0 Å². The molecule has 4 aromatic heterocycles. The summed E-state index contributed by atoms with van der Waals surface area (Å²) in [5.41, 5.74) is 11.2. The van der Waals surface area contributed by atoms with Gasteiger partial charge in [-0.15, -0.1) is 0 Å². The lowest BCUT2D eigenvalue weighted by atomic mass is 10.0. The van der Waals surface area contributed by atoms with Crippen LogP contribution in [0.4, 0.5) is 0 Å². The molecule has 0 N–H and O–H groups in total. The Morgan fingerprint density at radius 2 is 0.895 bits per heavy atom. The normalized spacial score (nSPS) is 11.9. The summed E-state index contributed by atoms with van der Waals surface area (Å²) in [4.78, 5) is 15.6. The standard InChI is InChI=1S/C51H31N5O/c1-3-14-32(15-4-1)34-18-13-19-36(30-34)55-41-23-10-7-21-39(41)47-43(55)28-29-44-48(47)40-22-8-11-24-42(40)56(44)51-53-49(33-16-5-2-6-17-33)52-50(54-51)35-26-27-38-37-20-9-12-25-45(37)57-46(38)31-35/h1-31H. The first-order valence-electron chi connectivity index (χ1n) is 19.1. The molecule has 266 valence electrons. The second-order valence-electron chi connectivity index (χ2n) is 14.4. The molecule has 0 aliphatic rings. The highest BCUT2D eigenvalue weighted by Crippen LogP contribution is 2.42. The maximum Gasteiger partial charge on any atom is 0.238 e. The first kappa shape index (κ1) is 31.5. The molecule has 0 radical (unpaired) electrons. The Hall–Kier alpha value is -7.83. The van der Waals surface area contributed by atoms with E-state index in [1.807, 2.05) is 54.6 Å². The summed E-state index contributed by atoms with van der Waals surface area (Å²) in [7, 11) is 0. The molecule has 0 spiro atoms. The smallest absolute Gasteiger partial charge is 0.238 e. The molecule has 6 nitrogen and oxygen atoms in total. The van der Waals surface area contributed by atoms with E-state index in [2.05, 4.69) is 143 Å². The number of aromatic nitrogens is 5. The van der Waals surface area contributed by atoms with Crippen molar-refractivity contribution >= 4 is 65.6 Å². The zero-order valence-electron chi connectivity index (χ0n) is 30.5. The minimum atomic E-state index is 0.549. The first-order chi connectivity index (χ1) is 28.3. The summed E-state index contributed by atoms with van der Waals surface area (Å²) in [6.45, 7) is 0. The lowest BCUT2D eigenvalue weighted by Crippen LogP contribution is -2.06. The van der Waals surface area contributed by atoms with E-state index < -0.39 is 0 Å². The topological polar surface area (TPSA) is 61.7 Å². The Morgan fingerprint density at radius 3 is 1.63 bits per heavy atom. The Labute approximate surface area is 326 Å². The van der Waals surface area contributed by atoms with Crippen LogP contribution in [0.25, 0.3) is 111 Å². The summed E-state index contributed by atoms with van der Waals surface area (Å²) in [5.74, 6) is 1.72. The van der Waals surface area contributed by atoms with Crippen LogP contribution in [-0.2, 0) is 0 Å². The average molecular weight is 730 g/mol. The molecule has 0 amide bonds. The minimum Gasteiger partial charge on any atom is -0.456 e. The second-order valence-corrected chi connectivity index (χ2v) is 14.4. The molecule has 0 aliphatic heterocycles. The minimum absolute atomic E-state index is 0.549. The van der Waals surface area contributed by atoms with Gasteiger partial charge in [0.15, 0.2) is 11.6 Å². The van der Waals surface area contributed by atoms with Crippen molar-refractivity contribution in [3.05, 3.63) is 188 Å². The van der Waals surface area contributed by atoms with Crippen LogP contribution in [0.1, 0.15) is 0 Å². The van der Waals surface area contributed by atoms with Crippen molar-refractivity contribution in [1.82, 2.24) is 24.1 Å². The molecule has 8 aromatic carbocycles. The first-order valence-corrected chi connectivity index (χ1v) is 19.1. The predicted molar refractivity (Wildman–Crippen MR) is 232 cm³/mol. The van der Waals surface area contributed by atoms with Gasteiger partial charge in [0.25, 0.3) is 0 Å². The predicted octanol–water partition coefficient (Wildman–Crippen LogP) is 13.0. The monoisotopic (exact) mass is 729 g/mol. The van der Waals surface area contributed by atoms with Gasteiger partial charge in [0.1, 0.15) is 11.2 Å². The van der Waals surface area contributed by atoms with E-state index in [1.54, 1.807) is 0 Å². The zero-order valence-corrected chi connectivity index (χ0v) is 30.5. The van der Waals surface area contributed by atoms with Gasteiger partial charge in [-0.25, -0.2) is 4.98 Å². The molecule has 57 heavy (non-hydrogen) atoms. The summed E-state index contributed by atoms with van der Waals surface area (Å²) in [5, 5.41) is 6.81. The number of benzene rings is 8. The molecule has 0 bridgehead atoms. The van der Waals surface area contributed by atoms with Gasteiger partial charge in [0.2, 0.25) is 5.95 Å². The van der Waals surface area contributed by atoms with Gasteiger partial charge in [0, 0.05) is 49.1 Å². The van der Waals surface area contributed by atoms with E-state index >= 15 is 0 Å². The Kier molecular flexibility index (Phi) is 6.83. The van der Waals surface area contributed by atoms with Crippen LogP contribution in [0, 0.1) is 0 Å². The molecular formula is C51H31N5O. The van der Waals surface area contributed by atoms with Crippen molar-refractivity contribution in [2.75, 3.05) is 0 Å². The highest BCUT2D eigenvalue weighted by molar-refractivity contribution is 6.28. The molecule has 0 aliphatic carbocycles. The average Bonchev–Trinajstić information content (AvgIpc) is 3.94. The van der Waals surface area contributed by atoms with Crippen LogP contribution < -0.4 is 0 Å². The van der Waals surface area contributed by atoms with Crippen molar-refractivity contribution in [2.45, 2.75) is 0 Å². The van der Waals surface area contributed by atoms with Crippen LogP contribution >= 0.6 is 0 Å². The van der Waals surface area contributed by atoms with Crippen LogP contribution in [0.15, 0.2) is 192 Å². The van der Waals surface area contributed by atoms with E-state index in [-0.39, 0.29) is 0 Å². The Morgan fingerprint density at radius 1 is 0.333 bits per heavy atom. The number of hydrogen-bond donors (Lipinski definition) is 0. The number of rotatable bonds is 5. The third kappa shape index (κ3) is 4.87. The van der Waals surface area contributed by atoms with E-state index in [1.165, 1.54) is 21.9 Å². The van der Waals surface area contributed by atoms with Gasteiger partial charge < -0.3 is 8.98 Å². The molecule has 0 saturated heterocycles. The molecule has 12 aromatic rings. The SMILES string of the molecule is c1ccc(-c2cccc(-n3c4ccccc4c4c5c6ccccc6n(-c6nc(-c7ccccc7)nc(-c7ccc8c(c7)oc7ccccc78)n6)c5ccc43)c2)cc1. The molecule has 0 atom stereocenters. The van der Waals surface area contributed by atoms with Gasteiger partial charge >= 0.3 is 0 Å². The van der Waals surface area contributed by atoms with Gasteiger partial charge in [-0.05, 0) is 65.7 Å². The highest BCUT2D eigenvalue weighted by Gasteiger charge is 2.23. The lowest BCUT2D eigenvalue weighted by molar-refractivity contribution is 0.669. The maximum atomic E-state index is 6.31. The van der Waals surface area contributed by atoms with Crippen LogP contribution in [0.2, 0.25) is 0 Å². The largest absolute Gasteiger partial charge is 0.456 e. The van der Waals surface area contributed by atoms with Crippen LogP contribution in [-0.4, -0.2) is 24.1 Å². The number of nitrogens with zero attached hydrogens (tertiary/aromatic N) is 5. The molecular weight excluding hydrogens is 699 g/mol. The summed E-state index contributed by atoms with van der Waals surface area (Å²) in [6.07, 6.45) is 0. The lowest BCUT2D eigenvalue weighted by Gasteiger charge is -2.12. The summed E-state index contributed by atoms with van der Waals surface area (Å²) in [6, 6.07) is 65.6. The molecule has 0 saturated carbocycles. The van der Waals surface area contributed by atoms with Gasteiger partial charge in [0.05, 0.1) is 22.1 Å². The number of hydrogen-bond acceptors (Lipinski definition) is 4. The van der Waals surface area contributed by atoms with Gasteiger partial charge in [-0.1, -0.05) is 133 Å². The number of furan rings is 1. The highest BCUT2D eigenvalue weighted by atomic mass is 16.3. The summed E-state index contributed by atoms with van der Waals surface area (Å²) >= 11 is 0. The fourth-order valence-corrected chi connectivity index (χ4v) is 8.64. The van der Waals surface area contributed by atoms with E-state index in [0.717, 1.165) is 71.6 Å². The summed E-state index contributed by atoms with van der Waals surface area (Å²) < 4.78 is 10.9. The van der Waals surface area contributed by atoms with Crippen molar-refractivity contribution < 1.29 is 4.42 Å². The Bertz CT molecular complexity index is 3520. The molecule has 0 unspecified atom stereocenters. The van der Waals surface area contributed by atoms with E-state index in [4.69, 9.17) is 19.4 Å². The zero-order chi connectivity index (χ0) is 37.5. The third-order valence-electron chi connectivity index (χ3n) is 11.2. The fourth-order valence-electron chi connectivity index (χ4n) is 8.64. The number of para-hydroxylation sites is 3. The molecule has 12 rings (SSSR count). The molecule has 4 heterocycles.